The molecular formula is C12H11O2S. The van der Waals surface area contributed by atoms with Gasteiger partial charge in [0.1, 0.15) is 5.75 Å². The van der Waals surface area contributed by atoms with Gasteiger partial charge in [0.25, 0.3) is 0 Å². The number of carbonyl (C=O) groups is 1. The van der Waals surface area contributed by atoms with Crippen LogP contribution in [0.2, 0.25) is 0 Å². The van der Waals surface area contributed by atoms with Gasteiger partial charge in [-0.3, -0.25) is 4.79 Å². The Kier molecular flexibility index (Phi) is 2.64. The van der Waals surface area contributed by atoms with Crippen LogP contribution in [0.15, 0.2) is 46.1 Å². The van der Waals surface area contributed by atoms with Crippen LogP contribution in [0.3, 0.4) is 0 Å². The number of hydrogen-bond acceptors (Lipinski definition) is 2. The summed E-state index contributed by atoms with van der Waals surface area (Å²) in [4.78, 5) is 12.1. The molecule has 1 heterocycles. The van der Waals surface area contributed by atoms with Crippen molar-refractivity contribution in [3.8, 4) is 5.75 Å². The molecule has 0 saturated heterocycles. The van der Waals surface area contributed by atoms with E-state index in [1.165, 1.54) is 0 Å². The Morgan fingerprint density at radius 1 is 1.40 bits per heavy atom. The van der Waals surface area contributed by atoms with Crippen LogP contribution in [0, 0.1) is 6.07 Å². The lowest BCUT2D eigenvalue weighted by molar-refractivity contribution is 0.413. The second-order valence-corrected chi connectivity index (χ2v) is 5.81. The van der Waals surface area contributed by atoms with Gasteiger partial charge in [0, 0.05) is 4.90 Å². The van der Waals surface area contributed by atoms with E-state index in [0.717, 1.165) is 16.3 Å². The SMILES string of the molecule is COc1cc[c]c(S2(C=O)C=CC=C2)c1. The summed E-state index contributed by atoms with van der Waals surface area (Å²) < 4.78 is 5.13. The van der Waals surface area contributed by atoms with Crippen molar-refractivity contribution in [1.29, 1.82) is 0 Å². The molecule has 1 radical (unpaired) electrons. The zero-order chi connectivity index (χ0) is 10.7. The molecule has 0 amide bonds. The molecule has 77 valence electrons. The van der Waals surface area contributed by atoms with Crippen molar-refractivity contribution in [2.75, 3.05) is 7.11 Å². The summed E-state index contributed by atoms with van der Waals surface area (Å²) in [6, 6.07) is 8.57. The standard InChI is InChI=1S/C12H11O2S/c1-14-11-5-4-6-12(9-11)15(10-13)7-2-3-8-15/h2-5,7-10H,1H3. The minimum absolute atomic E-state index is 0.756. The number of ether oxygens (including phenoxy) is 1. The molecule has 0 saturated carbocycles. The summed E-state index contributed by atoms with van der Waals surface area (Å²) in [6.45, 7) is 0. The molecule has 1 aromatic rings. The van der Waals surface area contributed by atoms with E-state index in [-0.39, 0.29) is 0 Å². The summed E-state index contributed by atoms with van der Waals surface area (Å²) in [5, 5.41) is 3.87. The van der Waals surface area contributed by atoms with Crippen LogP contribution < -0.4 is 4.74 Å². The van der Waals surface area contributed by atoms with Gasteiger partial charge in [-0.15, -0.1) is 10.0 Å². The Labute approximate surface area is 90.6 Å². The highest BCUT2D eigenvalue weighted by molar-refractivity contribution is 8.48. The van der Waals surface area contributed by atoms with Gasteiger partial charge >= 0.3 is 0 Å². The van der Waals surface area contributed by atoms with Crippen LogP contribution in [0.25, 0.3) is 0 Å². The fourth-order valence-corrected chi connectivity index (χ4v) is 3.32. The molecule has 3 heteroatoms. The maximum absolute atomic E-state index is 11.2. The van der Waals surface area contributed by atoms with Crippen LogP contribution in [-0.4, -0.2) is 12.7 Å². The topological polar surface area (TPSA) is 26.3 Å². The molecule has 0 atom stereocenters. The Balaban J connectivity index is 2.48. The average Bonchev–Trinajstić information content (AvgIpc) is 2.79. The third kappa shape index (κ3) is 1.70. The van der Waals surface area contributed by atoms with E-state index < -0.39 is 10.0 Å². The van der Waals surface area contributed by atoms with Crippen molar-refractivity contribution in [3.63, 3.8) is 0 Å². The molecule has 0 unspecified atom stereocenters. The molecular weight excluding hydrogens is 208 g/mol. The van der Waals surface area contributed by atoms with Gasteiger partial charge in [-0.25, -0.2) is 0 Å². The lowest BCUT2D eigenvalue weighted by atomic mass is 10.3. The maximum atomic E-state index is 11.2. The van der Waals surface area contributed by atoms with Crippen molar-refractivity contribution in [3.05, 3.63) is 47.2 Å². The molecule has 1 aromatic carbocycles. The Morgan fingerprint density at radius 2 is 2.13 bits per heavy atom. The molecule has 0 aliphatic carbocycles. The van der Waals surface area contributed by atoms with Crippen LogP contribution >= 0.6 is 10.0 Å². The predicted octanol–water partition coefficient (Wildman–Crippen LogP) is 2.89. The highest BCUT2D eigenvalue weighted by Gasteiger charge is 2.22. The van der Waals surface area contributed by atoms with Crippen LogP contribution in [-0.2, 0) is 4.79 Å². The van der Waals surface area contributed by atoms with E-state index in [0.29, 0.717) is 0 Å². The first-order valence-electron chi connectivity index (χ1n) is 4.50. The number of carbonyl (C=O) groups excluding carboxylic acids is 1. The largest absolute Gasteiger partial charge is 0.497 e. The average molecular weight is 219 g/mol. The van der Waals surface area contributed by atoms with Gasteiger partial charge in [0.05, 0.1) is 7.11 Å². The summed E-state index contributed by atoms with van der Waals surface area (Å²) >= 11 is 0. The molecule has 0 spiro atoms. The van der Waals surface area contributed by atoms with Gasteiger partial charge in [0.15, 0.2) is 5.62 Å². The molecule has 15 heavy (non-hydrogen) atoms. The summed E-state index contributed by atoms with van der Waals surface area (Å²) in [5.74, 6) is 0.756. The highest BCUT2D eigenvalue weighted by Crippen LogP contribution is 2.58. The van der Waals surface area contributed by atoms with Crippen molar-refractivity contribution < 1.29 is 9.53 Å². The number of benzene rings is 1. The first-order chi connectivity index (χ1) is 7.30. The van der Waals surface area contributed by atoms with Crippen LogP contribution in [0.1, 0.15) is 0 Å². The summed E-state index contributed by atoms with van der Waals surface area (Å²) in [5.41, 5.74) is 0.998. The van der Waals surface area contributed by atoms with E-state index in [4.69, 9.17) is 4.74 Å². The van der Waals surface area contributed by atoms with Gasteiger partial charge < -0.3 is 4.74 Å². The first-order valence-corrected chi connectivity index (χ1v) is 6.32. The molecule has 2 nitrogen and oxygen atoms in total. The second kappa shape index (κ2) is 3.95. The fourth-order valence-electron chi connectivity index (χ4n) is 1.41. The summed E-state index contributed by atoms with van der Waals surface area (Å²) in [7, 11) is 0.0258. The first kappa shape index (κ1) is 10.1. The normalized spacial score (nSPS) is 18.7. The summed E-state index contributed by atoms with van der Waals surface area (Å²) in [6.07, 6.45) is 3.80. The van der Waals surface area contributed by atoms with Gasteiger partial charge in [0.2, 0.25) is 0 Å². The number of methoxy groups -OCH3 is 1. The third-order valence-electron chi connectivity index (χ3n) is 2.24. The molecule has 1 aliphatic rings. The van der Waals surface area contributed by atoms with E-state index in [1.54, 1.807) is 13.2 Å². The van der Waals surface area contributed by atoms with E-state index in [9.17, 15) is 4.79 Å². The molecule has 0 N–H and O–H groups in total. The second-order valence-electron chi connectivity index (χ2n) is 3.11. The van der Waals surface area contributed by atoms with E-state index >= 15 is 0 Å². The Bertz CT molecular complexity index is 423. The number of allylic oxidation sites excluding steroid dienone is 2. The zero-order valence-corrected chi connectivity index (χ0v) is 9.16. The lowest BCUT2D eigenvalue weighted by Crippen LogP contribution is -1.94. The maximum Gasteiger partial charge on any atom is 0.170 e. The molecule has 0 fully saturated rings. The van der Waals surface area contributed by atoms with Crippen molar-refractivity contribution >= 4 is 15.6 Å². The lowest BCUT2D eigenvalue weighted by Gasteiger charge is -2.24. The van der Waals surface area contributed by atoms with Gasteiger partial charge in [-0.1, -0.05) is 12.2 Å². The monoisotopic (exact) mass is 219 g/mol. The smallest absolute Gasteiger partial charge is 0.170 e. The van der Waals surface area contributed by atoms with Crippen molar-refractivity contribution in [1.82, 2.24) is 0 Å². The Morgan fingerprint density at radius 3 is 2.73 bits per heavy atom. The van der Waals surface area contributed by atoms with E-state index in [2.05, 4.69) is 6.07 Å². The van der Waals surface area contributed by atoms with Gasteiger partial charge in [-0.05, 0) is 35.1 Å². The Hall–Kier alpha value is -1.48. The molecule has 1 aliphatic heterocycles. The van der Waals surface area contributed by atoms with Crippen molar-refractivity contribution in [2.24, 2.45) is 0 Å². The van der Waals surface area contributed by atoms with Crippen LogP contribution in [0.5, 0.6) is 5.75 Å². The quantitative estimate of drug-likeness (QED) is 0.731. The third-order valence-corrected chi connectivity index (χ3v) is 4.77. The van der Waals surface area contributed by atoms with Crippen LogP contribution in [0.4, 0.5) is 0 Å². The molecule has 0 aromatic heterocycles. The number of hydrogen-bond donors (Lipinski definition) is 0. The zero-order valence-electron chi connectivity index (χ0n) is 8.34. The van der Waals surface area contributed by atoms with Crippen molar-refractivity contribution in [2.45, 2.75) is 4.90 Å². The van der Waals surface area contributed by atoms with Gasteiger partial charge in [-0.2, -0.15) is 0 Å². The minimum Gasteiger partial charge on any atom is -0.497 e. The highest BCUT2D eigenvalue weighted by atomic mass is 32.3. The molecule has 0 bridgehead atoms. The molecule has 2 rings (SSSR count). The fraction of sp³-hybridized carbons (Fsp3) is 0.0833. The minimum atomic E-state index is -1.59. The predicted molar refractivity (Wildman–Crippen MR) is 62.7 cm³/mol. The van der Waals surface area contributed by atoms with E-state index in [1.807, 2.05) is 35.1 Å². The number of rotatable bonds is 3.